The van der Waals surface area contributed by atoms with Gasteiger partial charge in [-0.3, -0.25) is 0 Å². The molecule has 26 heavy (non-hydrogen) atoms. The number of hydrogen-bond acceptors (Lipinski definition) is 4. The topological polar surface area (TPSA) is 51.8 Å². The van der Waals surface area contributed by atoms with Crippen LogP contribution >= 0.6 is 11.8 Å². The Hall–Kier alpha value is -1.65. The number of benzene rings is 1. The second-order valence-electron chi connectivity index (χ2n) is 7.18. The predicted molar refractivity (Wildman–Crippen MR) is 110 cm³/mol. The van der Waals surface area contributed by atoms with Crippen LogP contribution < -0.4 is 5.73 Å². The summed E-state index contributed by atoms with van der Waals surface area (Å²) >= 11 is 1.77. The molecule has 0 fully saturated rings. The molecule has 1 heterocycles. The van der Waals surface area contributed by atoms with Crippen molar-refractivity contribution in [2.24, 2.45) is 11.1 Å². The van der Waals surface area contributed by atoms with E-state index in [1.165, 1.54) is 36.8 Å². The molecular weight excluding hydrogens is 338 g/mol. The van der Waals surface area contributed by atoms with E-state index in [0.29, 0.717) is 6.54 Å². The summed E-state index contributed by atoms with van der Waals surface area (Å²) in [6, 6.07) is 10.9. The zero-order valence-corrected chi connectivity index (χ0v) is 16.3. The van der Waals surface area contributed by atoms with Crippen molar-refractivity contribution in [2.45, 2.75) is 50.1 Å². The summed E-state index contributed by atoms with van der Waals surface area (Å²) in [5.41, 5.74) is 8.46. The summed E-state index contributed by atoms with van der Waals surface area (Å²) in [6.07, 6.45) is 16.8. The molecule has 0 saturated heterocycles. The van der Waals surface area contributed by atoms with E-state index in [0.717, 1.165) is 30.2 Å². The Morgan fingerprint density at radius 1 is 1.08 bits per heavy atom. The number of allylic oxidation sites excluding steroid dienone is 2. The second kappa shape index (κ2) is 9.89. The highest BCUT2D eigenvalue weighted by Crippen LogP contribution is 2.39. The van der Waals surface area contributed by atoms with Crippen molar-refractivity contribution in [3.05, 3.63) is 66.0 Å². The van der Waals surface area contributed by atoms with Crippen molar-refractivity contribution < 1.29 is 0 Å². The van der Waals surface area contributed by atoms with Gasteiger partial charge < -0.3 is 5.73 Å². The number of aromatic nitrogens is 2. The summed E-state index contributed by atoms with van der Waals surface area (Å²) in [5.74, 6) is 1.05. The van der Waals surface area contributed by atoms with Gasteiger partial charge in [-0.05, 0) is 68.0 Å². The van der Waals surface area contributed by atoms with Gasteiger partial charge in [0, 0.05) is 18.1 Å². The van der Waals surface area contributed by atoms with Gasteiger partial charge in [-0.2, -0.15) is 0 Å². The first-order chi connectivity index (χ1) is 12.8. The zero-order chi connectivity index (χ0) is 18.1. The van der Waals surface area contributed by atoms with Gasteiger partial charge in [-0.15, -0.1) is 0 Å². The van der Waals surface area contributed by atoms with E-state index >= 15 is 0 Å². The number of aryl methyl sites for hydroxylation is 1. The van der Waals surface area contributed by atoms with Gasteiger partial charge >= 0.3 is 0 Å². The maximum atomic E-state index is 5.56. The molecule has 3 rings (SSSR count). The van der Waals surface area contributed by atoms with Crippen LogP contribution in [-0.2, 0) is 12.8 Å². The van der Waals surface area contributed by atoms with Gasteiger partial charge in [0.05, 0.1) is 0 Å². The van der Waals surface area contributed by atoms with Crippen LogP contribution in [0.5, 0.6) is 0 Å². The summed E-state index contributed by atoms with van der Waals surface area (Å²) in [7, 11) is 0. The standard InChI is InChI=1S/C22H29N3S/c23-14-7-10-20-17-24-21(25-18-20)26-15-13-22(11-5-2-6-12-22)16-19-8-3-1-4-9-19/h1,3-5,8-9,11,17-18H,2,6-7,10,12-16,23H2. The molecule has 1 aromatic heterocycles. The van der Waals surface area contributed by atoms with Crippen LogP contribution in [0, 0.1) is 5.41 Å². The maximum Gasteiger partial charge on any atom is 0.187 e. The molecule has 2 N–H and O–H groups in total. The molecule has 0 saturated carbocycles. The minimum absolute atomic E-state index is 0.285. The predicted octanol–water partition coefficient (Wildman–Crippen LogP) is 4.82. The molecule has 2 aromatic rings. The molecule has 0 bridgehead atoms. The van der Waals surface area contributed by atoms with Crippen LogP contribution in [-0.4, -0.2) is 22.3 Å². The summed E-state index contributed by atoms with van der Waals surface area (Å²) in [4.78, 5) is 9.03. The molecule has 0 spiro atoms. The summed E-state index contributed by atoms with van der Waals surface area (Å²) < 4.78 is 0. The van der Waals surface area contributed by atoms with Crippen molar-refractivity contribution in [3.63, 3.8) is 0 Å². The lowest BCUT2D eigenvalue weighted by Gasteiger charge is -2.33. The molecule has 0 amide bonds. The monoisotopic (exact) mass is 367 g/mol. The molecule has 1 unspecified atom stereocenters. The number of rotatable bonds is 9. The molecule has 1 aliphatic carbocycles. The van der Waals surface area contributed by atoms with E-state index in [4.69, 9.17) is 5.73 Å². The number of thioether (sulfide) groups is 1. The van der Waals surface area contributed by atoms with E-state index < -0.39 is 0 Å². The van der Waals surface area contributed by atoms with Crippen LogP contribution in [0.15, 0.2) is 60.0 Å². The van der Waals surface area contributed by atoms with Crippen molar-refractivity contribution in [1.82, 2.24) is 9.97 Å². The number of nitrogens with two attached hydrogens (primary N) is 1. The van der Waals surface area contributed by atoms with Crippen LogP contribution in [0.25, 0.3) is 0 Å². The minimum Gasteiger partial charge on any atom is -0.330 e. The first kappa shape index (κ1) is 19.1. The fourth-order valence-electron chi connectivity index (χ4n) is 3.63. The highest BCUT2D eigenvalue weighted by molar-refractivity contribution is 7.99. The van der Waals surface area contributed by atoms with Gasteiger partial charge in [-0.1, -0.05) is 54.2 Å². The highest BCUT2D eigenvalue weighted by atomic mass is 32.2. The molecule has 0 radical (unpaired) electrons. The highest BCUT2D eigenvalue weighted by Gasteiger charge is 2.28. The molecule has 0 aliphatic heterocycles. The molecule has 1 aromatic carbocycles. The largest absolute Gasteiger partial charge is 0.330 e. The average molecular weight is 368 g/mol. The van der Waals surface area contributed by atoms with Crippen LogP contribution in [0.2, 0.25) is 0 Å². The molecule has 4 heteroatoms. The minimum atomic E-state index is 0.285. The Morgan fingerprint density at radius 3 is 2.58 bits per heavy atom. The summed E-state index contributed by atoms with van der Waals surface area (Å²) in [5, 5.41) is 0.885. The molecule has 3 nitrogen and oxygen atoms in total. The van der Waals surface area contributed by atoms with Gasteiger partial charge in [-0.25, -0.2) is 9.97 Å². The van der Waals surface area contributed by atoms with Crippen molar-refractivity contribution in [3.8, 4) is 0 Å². The Labute approximate surface area is 161 Å². The molecular formula is C22H29N3S. The van der Waals surface area contributed by atoms with Gasteiger partial charge in [0.25, 0.3) is 0 Å². The summed E-state index contributed by atoms with van der Waals surface area (Å²) in [6.45, 7) is 0.716. The van der Waals surface area contributed by atoms with Gasteiger partial charge in [0.2, 0.25) is 0 Å². The van der Waals surface area contributed by atoms with Crippen LogP contribution in [0.4, 0.5) is 0 Å². The maximum absolute atomic E-state index is 5.56. The Bertz CT molecular complexity index is 684. The fraction of sp³-hybridized carbons (Fsp3) is 0.455. The third-order valence-corrected chi connectivity index (χ3v) is 5.98. The van der Waals surface area contributed by atoms with Crippen LogP contribution in [0.1, 0.15) is 43.2 Å². The normalized spacial score (nSPS) is 19.6. The van der Waals surface area contributed by atoms with Crippen molar-refractivity contribution in [1.29, 1.82) is 0 Å². The van der Waals surface area contributed by atoms with E-state index in [9.17, 15) is 0 Å². The quantitative estimate of drug-likeness (QED) is 0.392. The average Bonchev–Trinajstić information content (AvgIpc) is 2.69. The molecule has 1 aliphatic rings. The third-order valence-electron chi connectivity index (χ3n) is 5.10. The number of hydrogen-bond donors (Lipinski definition) is 1. The van der Waals surface area contributed by atoms with Crippen molar-refractivity contribution >= 4 is 11.8 Å². The molecule has 1 atom stereocenters. The first-order valence-electron chi connectivity index (χ1n) is 9.65. The second-order valence-corrected chi connectivity index (χ2v) is 8.25. The lowest BCUT2D eigenvalue weighted by Crippen LogP contribution is -2.24. The van der Waals surface area contributed by atoms with Crippen LogP contribution in [0.3, 0.4) is 0 Å². The van der Waals surface area contributed by atoms with Crippen molar-refractivity contribution in [2.75, 3.05) is 12.3 Å². The van der Waals surface area contributed by atoms with Gasteiger partial charge in [0.15, 0.2) is 5.16 Å². The van der Waals surface area contributed by atoms with Gasteiger partial charge in [0.1, 0.15) is 0 Å². The lowest BCUT2D eigenvalue weighted by atomic mass is 9.72. The lowest BCUT2D eigenvalue weighted by molar-refractivity contribution is 0.315. The fourth-order valence-corrected chi connectivity index (χ4v) is 4.58. The van der Waals surface area contributed by atoms with E-state index in [-0.39, 0.29) is 5.41 Å². The van der Waals surface area contributed by atoms with E-state index in [1.54, 1.807) is 11.8 Å². The smallest absolute Gasteiger partial charge is 0.187 e. The number of nitrogens with zero attached hydrogens (tertiary/aromatic N) is 2. The molecule has 138 valence electrons. The Balaban J connectivity index is 1.56. The third kappa shape index (κ3) is 5.68. The zero-order valence-electron chi connectivity index (χ0n) is 15.4. The van der Waals surface area contributed by atoms with E-state index in [2.05, 4.69) is 52.5 Å². The first-order valence-corrected chi connectivity index (χ1v) is 10.6. The van der Waals surface area contributed by atoms with E-state index in [1.807, 2.05) is 12.4 Å². The Kier molecular flexibility index (Phi) is 7.27. The Morgan fingerprint density at radius 2 is 1.88 bits per heavy atom. The SMILES string of the molecule is NCCCc1cnc(SCCC2(Cc3ccccc3)C=CCCC2)nc1.